The third-order valence-electron chi connectivity index (χ3n) is 2.99. The van der Waals surface area contributed by atoms with Gasteiger partial charge in [0.25, 0.3) is 0 Å². The first-order chi connectivity index (χ1) is 6.83. The third-order valence-corrected chi connectivity index (χ3v) is 3.37. The van der Waals surface area contributed by atoms with Crippen molar-refractivity contribution in [2.75, 3.05) is 26.2 Å². The molecule has 2 saturated heterocycles. The van der Waals surface area contributed by atoms with Crippen LogP contribution in [0, 0.1) is 0 Å². The predicted molar refractivity (Wildman–Crippen MR) is 61.9 cm³/mol. The minimum Gasteiger partial charge on any atom is -0.343 e. The van der Waals surface area contributed by atoms with E-state index in [1.165, 1.54) is 12.8 Å². The number of thiol groups is 1. The number of fused-ring (bicyclic) bond motifs is 2. The average molecular weight is 214 g/mol. The Morgan fingerprint density at radius 2 is 2.07 bits per heavy atom. The zero-order valence-corrected chi connectivity index (χ0v) is 9.21. The van der Waals surface area contributed by atoms with Crippen LogP contribution in [0.4, 0.5) is 0 Å². The van der Waals surface area contributed by atoms with Gasteiger partial charge in [-0.25, -0.2) is 0 Å². The van der Waals surface area contributed by atoms with Gasteiger partial charge in [0.05, 0.1) is 6.54 Å². The molecule has 2 atom stereocenters. The summed E-state index contributed by atoms with van der Waals surface area (Å²) in [7, 11) is 0. The maximum atomic E-state index is 5.42. The van der Waals surface area contributed by atoms with Crippen LogP contribution in [0.25, 0.3) is 0 Å². The number of nitrogens with zero attached hydrogens (tertiary/aromatic N) is 2. The fourth-order valence-electron chi connectivity index (χ4n) is 2.35. The summed E-state index contributed by atoms with van der Waals surface area (Å²) in [5.74, 6) is 0. The topological polar surface area (TPSA) is 53.6 Å². The molecule has 5 heteroatoms. The van der Waals surface area contributed by atoms with E-state index in [1.807, 2.05) is 0 Å². The molecule has 2 heterocycles. The molecule has 14 heavy (non-hydrogen) atoms. The number of hydrogen-bond donors (Lipinski definition) is 3. The Morgan fingerprint density at radius 1 is 1.43 bits per heavy atom. The highest BCUT2D eigenvalue weighted by atomic mass is 32.1. The Morgan fingerprint density at radius 3 is 2.64 bits per heavy atom. The minimum atomic E-state index is 0.600. The van der Waals surface area contributed by atoms with Crippen molar-refractivity contribution in [1.29, 1.82) is 0 Å². The number of rotatable bonds is 2. The molecule has 2 bridgehead atoms. The highest BCUT2D eigenvalue weighted by Crippen LogP contribution is 2.27. The van der Waals surface area contributed by atoms with Crippen LogP contribution in [0.15, 0.2) is 4.99 Å². The van der Waals surface area contributed by atoms with Crippen LogP contribution in [0.2, 0.25) is 0 Å². The smallest absolute Gasteiger partial charge is 0.156 e. The van der Waals surface area contributed by atoms with Gasteiger partial charge in [0, 0.05) is 31.7 Å². The maximum absolute atomic E-state index is 5.42. The molecule has 2 fully saturated rings. The van der Waals surface area contributed by atoms with Crippen molar-refractivity contribution in [1.82, 2.24) is 10.2 Å². The number of nitrogens with two attached hydrogens (primary N) is 1. The van der Waals surface area contributed by atoms with Crippen molar-refractivity contribution < 1.29 is 0 Å². The molecule has 2 rings (SSSR count). The van der Waals surface area contributed by atoms with Gasteiger partial charge in [-0.1, -0.05) is 0 Å². The van der Waals surface area contributed by atoms with Gasteiger partial charge in [0.2, 0.25) is 0 Å². The highest BCUT2D eigenvalue weighted by Gasteiger charge is 2.37. The van der Waals surface area contributed by atoms with E-state index in [1.54, 1.807) is 0 Å². The van der Waals surface area contributed by atoms with Crippen molar-refractivity contribution >= 4 is 17.8 Å². The van der Waals surface area contributed by atoms with Gasteiger partial charge in [-0.2, -0.15) is 0 Å². The number of aliphatic imine (C=N–C) groups is 1. The van der Waals surface area contributed by atoms with Gasteiger partial charge in [-0.3, -0.25) is 4.99 Å². The van der Waals surface area contributed by atoms with Gasteiger partial charge < -0.3 is 16.0 Å². The molecule has 4 nitrogen and oxygen atoms in total. The number of hydrogen-bond acceptors (Lipinski definition) is 3. The van der Waals surface area contributed by atoms with Crippen molar-refractivity contribution in [3.63, 3.8) is 0 Å². The summed E-state index contributed by atoms with van der Waals surface area (Å²) in [5, 5.41) is 4.31. The average Bonchev–Trinajstić information content (AvgIpc) is 2.45. The van der Waals surface area contributed by atoms with E-state index in [-0.39, 0.29) is 0 Å². The summed E-state index contributed by atoms with van der Waals surface area (Å²) >= 11 is 4.46. The quantitative estimate of drug-likeness (QED) is 0.335. The second-order valence-electron chi connectivity index (χ2n) is 3.92. The minimum absolute atomic E-state index is 0.600. The zero-order valence-electron chi connectivity index (χ0n) is 8.32. The maximum Gasteiger partial charge on any atom is 0.156 e. The van der Waals surface area contributed by atoms with Gasteiger partial charge in [-0.05, 0) is 12.8 Å². The molecule has 80 valence electrons. The Balaban J connectivity index is 2.03. The Bertz CT molecular complexity index is 215. The summed E-state index contributed by atoms with van der Waals surface area (Å²) < 4.78 is 0. The molecule has 2 aliphatic rings. The van der Waals surface area contributed by atoms with Gasteiger partial charge >= 0.3 is 0 Å². The lowest BCUT2D eigenvalue weighted by atomic mass is 10.2. The standard InChI is InChI=1S/C9H18N4S/c10-3-4-12-9(14)13-7-1-2-8(13)6-11-5-7/h7-8,11H,1-6,10H2,(H,12,14). The lowest BCUT2D eigenvalue weighted by molar-refractivity contribution is 0.257. The van der Waals surface area contributed by atoms with Crippen LogP contribution >= 0.6 is 12.6 Å². The first-order valence-electron chi connectivity index (χ1n) is 5.25. The largest absolute Gasteiger partial charge is 0.343 e. The molecule has 0 aromatic rings. The molecule has 0 saturated carbocycles. The van der Waals surface area contributed by atoms with Crippen molar-refractivity contribution in [2.24, 2.45) is 10.7 Å². The van der Waals surface area contributed by atoms with E-state index >= 15 is 0 Å². The molecule has 2 unspecified atom stereocenters. The van der Waals surface area contributed by atoms with E-state index in [9.17, 15) is 0 Å². The summed E-state index contributed by atoms with van der Waals surface area (Å²) in [6.07, 6.45) is 2.53. The SMILES string of the molecule is NCC/N=C(\S)N1C2CCC1CNC2. The normalized spacial score (nSPS) is 32.4. The van der Waals surface area contributed by atoms with Crippen LogP contribution in [0.5, 0.6) is 0 Å². The number of piperazine rings is 1. The van der Waals surface area contributed by atoms with Crippen molar-refractivity contribution in [2.45, 2.75) is 24.9 Å². The lowest BCUT2D eigenvalue weighted by Crippen LogP contribution is -2.53. The zero-order chi connectivity index (χ0) is 9.97. The Labute approximate surface area is 90.3 Å². The molecular formula is C9H18N4S. The van der Waals surface area contributed by atoms with E-state index in [0.29, 0.717) is 25.2 Å². The summed E-state index contributed by atoms with van der Waals surface area (Å²) in [6, 6.07) is 1.20. The first-order valence-corrected chi connectivity index (χ1v) is 5.70. The van der Waals surface area contributed by atoms with Gasteiger partial charge in [0.1, 0.15) is 0 Å². The Hall–Kier alpha value is -0.260. The molecule has 0 aromatic carbocycles. The second kappa shape index (κ2) is 4.51. The van der Waals surface area contributed by atoms with Crippen LogP contribution in [0.3, 0.4) is 0 Å². The van der Waals surface area contributed by atoms with Crippen molar-refractivity contribution in [3.8, 4) is 0 Å². The van der Waals surface area contributed by atoms with E-state index in [0.717, 1.165) is 18.3 Å². The first kappa shape index (κ1) is 10.3. The van der Waals surface area contributed by atoms with Crippen LogP contribution in [0.1, 0.15) is 12.8 Å². The van der Waals surface area contributed by atoms with Crippen LogP contribution < -0.4 is 11.1 Å². The van der Waals surface area contributed by atoms with Crippen LogP contribution in [-0.2, 0) is 0 Å². The molecule has 2 aliphatic heterocycles. The molecule has 0 radical (unpaired) electrons. The molecule has 3 N–H and O–H groups in total. The summed E-state index contributed by atoms with van der Waals surface area (Å²) in [5.41, 5.74) is 5.42. The Kier molecular flexibility index (Phi) is 3.30. The van der Waals surface area contributed by atoms with Crippen LogP contribution in [-0.4, -0.2) is 48.3 Å². The monoisotopic (exact) mass is 214 g/mol. The van der Waals surface area contributed by atoms with Gasteiger partial charge in [-0.15, -0.1) is 12.6 Å². The number of amidine groups is 1. The molecule has 0 aromatic heterocycles. The lowest BCUT2D eigenvalue weighted by Gasteiger charge is -2.36. The molecule has 0 amide bonds. The van der Waals surface area contributed by atoms with E-state index in [4.69, 9.17) is 5.73 Å². The summed E-state index contributed by atoms with van der Waals surface area (Å²) in [4.78, 5) is 6.72. The van der Waals surface area contributed by atoms with Crippen molar-refractivity contribution in [3.05, 3.63) is 0 Å². The highest BCUT2D eigenvalue weighted by molar-refractivity contribution is 7.96. The fourth-order valence-corrected chi connectivity index (χ4v) is 2.78. The summed E-state index contributed by atoms with van der Waals surface area (Å²) in [6.45, 7) is 3.42. The predicted octanol–water partition coefficient (Wildman–Crippen LogP) is -0.333. The number of nitrogens with one attached hydrogen (secondary N) is 1. The molecular weight excluding hydrogens is 196 g/mol. The fraction of sp³-hybridized carbons (Fsp3) is 0.889. The van der Waals surface area contributed by atoms with E-state index in [2.05, 4.69) is 27.8 Å². The third kappa shape index (κ3) is 1.89. The van der Waals surface area contributed by atoms with Gasteiger partial charge in [0.15, 0.2) is 5.17 Å². The van der Waals surface area contributed by atoms with E-state index < -0.39 is 0 Å². The molecule has 0 aliphatic carbocycles. The second-order valence-corrected chi connectivity index (χ2v) is 4.32. The molecule has 0 spiro atoms.